The molecule has 1 aromatic heterocycles. The van der Waals surface area contributed by atoms with Crippen molar-refractivity contribution < 1.29 is 9.13 Å². The normalized spacial score (nSPS) is 10.1. The van der Waals surface area contributed by atoms with Gasteiger partial charge < -0.3 is 10.1 Å². The third kappa shape index (κ3) is 2.82. The van der Waals surface area contributed by atoms with Gasteiger partial charge in [0.05, 0.1) is 17.4 Å². The van der Waals surface area contributed by atoms with E-state index in [-0.39, 0.29) is 5.02 Å². The fourth-order valence-electron chi connectivity index (χ4n) is 1.18. The maximum absolute atomic E-state index is 12.9. The lowest BCUT2D eigenvalue weighted by Crippen LogP contribution is -1.95. The van der Waals surface area contributed by atoms with Crippen molar-refractivity contribution in [2.75, 3.05) is 12.4 Å². The topological polar surface area (TPSA) is 47.0 Å². The van der Waals surface area contributed by atoms with Crippen LogP contribution >= 0.6 is 11.6 Å². The predicted octanol–water partition coefficient (Wildman–Crippen LogP) is 3.10. The molecule has 0 unspecified atom stereocenters. The summed E-state index contributed by atoms with van der Waals surface area (Å²) in [4.78, 5) is 8.04. The highest BCUT2D eigenvalue weighted by Gasteiger charge is 2.04. The van der Waals surface area contributed by atoms with Gasteiger partial charge in [-0.1, -0.05) is 11.6 Å². The number of hydrogen-bond acceptors (Lipinski definition) is 4. The molecule has 0 bridgehead atoms. The van der Waals surface area contributed by atoms with E-state index < -0.39 is 5.82 Å². The van der Waals surface area contributed by atoms with E-state index in [4.69, 9.17) is 16.3 Å². The third-order valence-electron chi connectivity index (χ3n) is 1.98. The Kier molecular flexibility index (Phi) is 3.39. The Labute approximate surface area is 102 Å². The number of benzene rings is 1. The first-order valence-electron chi connectivity index (χ1n) is 4.82. The number of anilines is 1. The highest BCUT2D eigenvalue weighted by atomic mass is 35.5. The SMILES string of the molecule is CNc1cncc(Oc2ccc(F)c(Cl)c2)n1. The van der Waals surface area contributed by atoms with Gasteiger partial charge in [-0.2, -0.15) is 4.98 Å². The zero-order chi connectivity index (χ0) is 12.3. The largest absolute Gasteiger partial charge is 0.437 e. The summed E-state index contributed by atoms with van der Waals surface area (Å²) in [5.74, 6) is 0.795. The van der Waals surface area contributed by atoms with Crippen LogP contribution in [0.1, 0.15) is 0 Å². The lowest BCUT2D eigenvalue weighted by atomic mass is 10.3. The number of aromatic nitrogens is 2. The number of ether oxygens (including phenoxy) is 1. The minimum absolute atomic E-state index is 0.000213. The molecule has 0 spiro atoms. The summed E-state index contributed by atoms with van der Waals surface area (Å²) >= 11 is 5.64. The first kappa shape index (κ1) is 11.6. The van der Waals surface area contributed by atoms with Crippen LogP contribution in [-0.2, 0) is 0 Å². The minimum atomic E-state index is -0.492. The molecule has 1 N–H and O–H groups in total. The molecule has 0 saturated carbocycles. The third-order valence-corrected chi connectivity index (χ3v) is 2.27. The summed E-state index contributed by atoms with van der Waals surface area (Å²) in [5.41, 5.74) is 0. The number of rotatable bonds is 3. The number of halogens is 2. The van der Waals surface area contributed by atoms with Crippen LogP contribution in [0.2, 0.25) is 5.02 Å². The second kappa shape index (κ2) is 4.97. The maximum Gasteiger partial charge on any atom is 0.239 e. The molecule has 2 aromatic rings. The Balaban J connectivity index is 2.22. The van der Waals surface area contributed by atoms with Crippen LogP contribution in [-0.4, -0.2) is 17.0 Å². The molecule has 1 heterocycles. The standard InChI is InChI=1S/C11H9ClFN3O/c1-14-10-5-15-6-11(16-10)17-7-2-3-9(13)8(12)4-7/h2-6H,1H3,(H,14,16). The van der Waals surface area contributed by atoms with Gasteiger partial charge in [-0.15, -0.1) is 0 Å². The van der Waals surface area contributed by atoms with Crippen molar-refractivity contribution in [2.24, 2.45) is 0 Å². The highest BCUT2D eigenvalue weighted by molar-refractivity contribution is 6.30. The van der Waals surface area contributed by atoms with Gasteiger partial charge in [-0.25, -0.2) is 4.39 Å². The second-order valence-corrected chi connectivity index (χ2v) is 3.58. The van der Waals surface area contributed by atoms with E-state index in [1.165, 1.54) is 24.4 Å². The van der Waals surface area contributed by atoms with Crippen molar-refractivity contribution in [3.05, 3.63) is 41.4 Å². The summed E-state index contributed by atoms with van der Waals surface area (Å²) in [5, 5.41) is 2.83. The molecule has 0 amide bonds. The van der Waals surface area contributed by atoms with Crippen LogP contribution in [0.25, 0.3) is 0 Å². The van der Waals surface area contributed by atoms with Crippen LogP contribution in [0.15, 0.2) is 30.6 Å². The van der Waals surface area contributed by atoms with Crippen molar-refractivity contribution >= 4 is 17.4 Å². The number of hydrogen-bond donors (Lipinski definition) is 1. The smallest absolute Gasteiger partial charge is 0.239 e. The van der Waals surface area contributed by atoms with E-state index in [0.29, 0.717) is 17.4 Å². The lowest BCUT2D eigenvalue weighted by Gasteiger charge is -2.06. The molecule has 0 saturated heterocycles. The van der Waals surface area contributed by atoms with Crippen molar-refractivity contribution in [1.29, 1.82) is 0 Å². The van der Waals surface area contributed by atoms with Crippen LogP contribution in [0.5, 0.6) is 11.6 Å². The van der Waals surface area contributed by atoms with Crippen LogP contribution in [0.4, 0.5) is 10.2 Å². The minimum Gasteiger partial charge on any atom is -0.437 e. The monoisotopic (exact) mass is 253 g/mol. The molecule has 0 atom stereocenters. The molecule has 0 aliphatic heterocycles. The zero-order valence-electron chi connectivity index (χ0n) is 8.95. The van der Waals surface area contributed by atoms with Gasteiger partial charge in [-0.3, -0.25) is 4.98 Å². The van der Waals surface area contributed by atoms with Gasteiger partial charge in [0, 0.05) is 13.1 Å². The predicted molar refractivity (Wildman–Crippen MR) is 63.1 cm³/mol. The van der Waals surface area contributed by atoms with E-state index in [0.717, 1.165) is 0 Å². The van der Waals surface area contributed by atoms with Crippen molar-refractivity contribution in [3.63, 3.8) is 0 Å². The molecule has 0 aliphatic rings. The molecule has 88 valence electrons. The van der Waals surface area contributed by atoms with E-state index in [1.54, 1.807) is 13.2 Å². The fraction of sp³-hybridized carbons (Fsp3) is 0.0909. The van der Waals surface area contributed by atoms with E-state index in [2.05, 4.69) is 15.3 Å². The molecule has 6 heteroatoms. The fourth-order valence-corrected chi connectivity index (χ4v) is 1.35. The number of nitrogens with zero attached hydrogens (tertiary/aromatic N) is 2. The molecule has 0 aliphatic carbocycles. The zero-order valence-corrected chi connectivity index (χ0v) is 9.70. The highest BCUT2D eigenvalue weighted by Crippen LogP contribution is 2.25. The van der Waals surface area contributed by atoms with Gasteiger partial charge in [-0.05, 0) is 12.1 Å². The summed E-state index contributed by atoms with van der Waals surface area (Å²) in [6.45, 7) is 0. The van der Waals surface area contributed by atoms with Crippen LogP contribution in [0, 0.1) is 5.82 Å². The van der Waals surface area contributed by atoms with Gasteiger partial charge >= 0.3 is 0 Å². The van der Waals surface area contributed by atoms with Gasteiger partial charge in [0.2, 0.25) is 5.88 Å². The average molecular weight is 254 g/mol. The molecular weight excluding hydrogens is 245 g/mol. The lowest BCUT2D eigenvalue weighted by molar-refractivity contribution is 0.459. The summed E-state index contributed by atoms with van der Waals surface area (Å²) in [7, 11) is 1.72. The first-order chi connectivity index (χ1) is 8.19. The summed E-state index contributed by atoms with van der Waals surface area (Å²) < 4.78 is 18.3. The first-order valence-corrected chi connectivity index (χ1v) is 5.19. The van der Waals surface area contributed by atoms with E-state index >= 15 is 0 Å². The molecule has 0 fully saturated rings. The molecule has 4 nitrogen and oxygen atoms in total. The summed E-state index contributed by atoms with van der Waals surface area (Å²) in [6, 6.07) is 4.08. The van der Waals surface area contributed by atoms with Crippen molar-refractivity contribution in [2.45, 2.75) is 0 Å². The summed E-state index contributed by atoms with van der Waals surface area (Å²) in [6.07, 6.45) is 3.02. The van der Waals surface area contributed by atoms with Crippen LogP contribution < -0.4 is 10.1 Å². The Hall–Kier alpha value is -1.88. The van der Waals surface area contributed by atoms with E-state index in [9.17, 15) is 4.39 Å². The Morgan fingerprint density at radius 1 is 1.35 bits per heavy atom. The Morgan fingerprint density at radius 3 is 2.88 bits per heavy atom. The molecule has 2 rings (SSSR count). The number of nitrogens with one attached hydrogen (secondary N) is 1. The van der Waals surface area contributed by atoms with E-state index in [1.807, 2.05) is 0 Å². The molecule has 0 radical (unpaired) electrons. The average Bonchev–Trinajstić information content (AvgIpc) is 2.34. The molecule has 17 heavy (non-hydrogen) atoms. The maximum atomic E-state index is 12.9. The second-order valence-electron chi connectivity index (χ2n) is 3.17. The van der Waals surface area contributed by atoms with Crippen LogP contribution in [0.3, 0.4) is 0 Å². The Bertz CT molecular complexity index is 536. The van der Waals surface area contributed by atoms with Gasteiger partial charge in [0.25, 0.3) is 0 Å². The molecular formula is C11H9ClFN3O. The van der Waals surface area contributed by atoms with Crippen molar-refractivity contribution in [1.82, 2.24) is 9.97 Å². The van der Waals surface area contributed by atoms with Gasteiger partial charge in [0.1, 0.15) is 17.4 Å². The Morgan fingerprint density at radius 2 is 2.18 bits per heavy atom. The van der Waals surface area contributed by atoms with Gasteiger partial charge in [0.15, 0.2) is 0 Å². The quantitative estimate of drug-likeness (QED) is 0.913. The molecule has 1 aromatic carbocycles. The van der Waals surface area contributed by atoms with Crippen molar-refractivity contribution in [3.8, 4) is 11.6 Å².